The normalized spacial score (nSPS) is 16.6. The van der Waals surface area contributed by atoms with Crippen molar-refractivity contribution in [3.63, 3.8) is 0 Å². The third kappa shape index (κ3) is 3.46. The number of para-hydroxylation sites is 2. The molecule has 0 bridgehead atoms. The lowest BCUT2D eigenvalue weighted by molar-refractivity contribution is -0.121. The molecule has 5 nitrogen and oxygen atoms in total. The van der Waals surface area contributed by atoms with Crippen molar-refractivity contribution in [2.45, 2.75) is 52.2 Å². The van der Waals surface area contributed by atoms with Gasteiger partial charge in [-0.25, -0.2) is 4.98 Å². The van der Waals surface area contributed by atoms with E-state index in [1.807, 2.05) is 11.0 Å². The van der Waals surface area contributed by atoms with E-state index in [1.54, 1.807) is 0 Å². The molecule has 0 unspecified atom stereocenters. The second kappa shape index (κ2) is 7.79. The molecule has 5 heteroatoms. The largest absolute Gasteiger partial charge is 0.335 e. The number of hydrogen-bond donors (Lipinski definition) is 0. The third-order valence-electron chi connectivity index (χ3n) is 5.11. The minimum absolute atomic E-state index is 0.334. The van der Waals surface area contributed by atoms with Gasteiger partial charge >= 0.3 is 0 Å². The van der Waals surface area contributed by atoms with Gasteiger partial charge in [0.25, 0.3) is 0 Å². The molecule has 0 aliphatic carbocycles. The van der Waals surface area contributed by atoms with Crippen LogP contribution in [-0.4, -0.2) is 51.4 Å². The van der Waals surface area contributed by atoms with E-state index in [2.05, 4.69) is 41.5 Å². The van der Waals surface area contributed by atoms with E-state index < -0.39 is 0 Å². The average molecular weight is 328 g/mol. The molecule has 0 radical (unpaired) electrons. The van der Waals surface area contributed by atoms with E-state index >= 15 is 0 Å². The van der Waals surface area contributed by atoms with Crippen LogP contribution in [0.15, 0.2) is 24.3 Å². The molecule has 1 aromatic heterocycles. The summed E-state index contributed by atoms with van der Waals surface area (Å²) < 4.78 is 2.27. The number of carbonyl (C=O) groups excluding carboxylic acids is 1. The molecule has 1 amide bonds. The van der Waals surface area contributed by atoms with Crippen LogP contribution >= 0.6 is 0 Å². The van der Waals surface area contributed by atoms with Gasteiger partial charge in [-0.1, -0.05) is 26.0 Å². The van der Waals surface area contributed by atoms with Gasteiger partial charge in [-0.3, -0.25) is 4.79 Å². The van der Waals surface area contributed by atoms with Crippen LogP contribution in [0.4, 0.5) is 0 Å². The average Bonchev–Trinajstić information content (AvgIpc) is 2.98. The van der Waals surface area contributed by atoms with Crippen LogP contribution in [0.25, 0.3) is 11.0 Å². The molecule has 1 fully saturated rings. The maximum Gasteiger partial charge on any atom is 0.210 e. The van der Waals surface area contributed by atoms with Crippen LogP contribution in [0.2, 0.25) is 0 Å². The predicted molar refractivity (Wildman–Crippen MR) is 96.8 cm³/mol. The van der Waals surface area contributed by atoms with Crippen LogP contribution in [-0.2, 0) is 17.9 Å². The van der Waals surface area contributed by atoms with E-state index in [9.17, 15) is 4.79 Å². The van der Waals surface area contributed by atoms with Crippen molar-refractivity contribution in [1.29, 1.82) is 0 Å². The van der Waals surface area contributed by atoms with Crippen molar-refractivity contribution in [3.05, 3.63) is 30.1 Å². The Bertz CT molecular complexity index is 673. The molecule has 0 spiro atoms. The molecule has 3 rings (SSSR count). The standard InChI is InChI=1S/C19H28N4O/c1-3-11-23-18-8-6-5-7-17(18)20-19(23)14-22(15-24)16-9-12-21(4-2)13-10-16/h5-8,15-16H,3-4,9-14H2,1-2H3. The summed E-state index contributed by atoms with van der Waals surface area (Å²) in [6.45, 7) is 9.18. The van der Waals surface area contributed by atoms with Crippen molar-refractivity contribution >= 4 is 17.4 Å². The van der Waals surface area contributed by atoms with E-state index in [1.165, 1.54) is 5.52 Å². The van der Waals surface area contributed by atoms with E-state index in [0.29, 0.717) is 12.6 Å². The fraction of sp³-hybridized carbons (Fsp3) is 0.579. The smallest absolute Gasteiger partial charge is 0.210 e. The Morgan fingerprint density at radius 3 is 2.67 bits per heavy atom. The highest BCUT2D eigenvalue weighted by molar-refractivity contribution is 5.75. The third-order valence-corrected chi connectivity index (χ3v) is 5.11. The van der Waals surface area contributed by atoms with Gasteiger partial charge in [0.05, 0.1) is 17.6 Å². The van der Waals surface area contributed by atoms with Crippen molar-refractivity contribution in [3.8, 4) is 0 Å². The highest BCUT2D eigenvalue weighted by Gasteiger charge is 2.24. The van der Waals surface area contributed by atoms with Gasteiger partial charge in [-0.2, -0.15) is 0 Å². The number of hydrogen-bond acceptors (Lipinski definition) is 3. The first-order chi connectivity index (χ1) is 11.8. The van der Waals surface area contributed by atoms with Gasteiger partial charge < -0.3 is 14.4 Å². The Kier molecular flexibility index (Phi) is 5.51. The lowest BCUT2D eigenvalue weighted by Crippen LogP contribution is -2.44. The maximum atomic E-state index is 11.7. The number of fused-ring (bicyclic) bond motifs is 1. The number of piperidine rings is 1. The quantitative estimate of drug-likeness (QED) is 0.734. The molecule has 1 aliphatic rings. The zero-order chi connectivity index (χ0) is 16.9. The molecule has 1 aromatic carbocycles. The van der Waals surface area contributed by atoms with Crippen molar-refractivity contribution < 1.29 is 4.79 Å². The SMILES string of the molecule is CCCn1c(CN(C=O)C2CCN(CC)CC2)nc2ccccc21. The Balaban J connectivity index is 1.79. The number of aromatic nitrogens is 2. The van der Waals surface area contributed by atoms with Gasteiger partial charge in [-0.05, 0) is 37.9 Å². The number of rotatable bonds is 7. The lowest BCUT2D eigenvalue weighted by atomic mass is 10.0. The van der Waals surface area contributed by atoms with E-state index in [0.717, 1.165) is 63.2 Å². The van der Waals surface area contributed by atoms with Gasteiger partial charge in [0.2, 0.25) is 6.41 Å². The second-order valence-electron chi connectivity index (χ2n) is 6.61. The molecule has 0 saturated carbocycles. The van der Waals surface area contributed by atoms with Crippen LogP contribution < -0.4 is 0 Å². The minimum Gasteiger partial charge on any atom is -0.335 e. The molecule has 0 N–H and O–H groups in total. The van der Waals surface area contributed by atoms with Gasteiger partial charge in [0.1, 0.15) is 5.82 Å². The van der Waals surface area contributed by atoms with E-state index in [4.69, 9.17) is 4.98 Å². The highest BCUT2D eigenvalue weighted by Crippen LogP contribution is 2.21. The first-order valence-electron chi connectivity index (χ1n) is 9.14. The van der Waals surface area contributed by atoms with Crippen LogP contribution in [0.1, 0.15) is 38.9 Å². The molecule has 2 aromatic rings. The van der Waals surface area contributed by atoms with Gasteiger partial charge in [0.15, 0.2) is 0 Å². The Morgan fingerprint density at radius 2 is 2.00 bits per heavy atom. The molecule has 24 heavy (non-hydrogen) atoms. The summed E-state index contributed by atoms with van der Waals surface area (Å²) in [5.41, 5.74) is 2.19. The fourth-order valence-electron chi connectivity index (χ4n) is 3.70. The molecular weight excluding hydrogens is 300 g/mol. The first kappa shape index (κ1) is 17.0. The molecular formula is C19H28N4O. The number of aryl methyl sites for hydroxylation is 1. The summed E-state index contributed by atoms with van der Waals surface area (Å²) in [5.74, 6) is 1.00. The number of amides is 1. The Labute approximate surface area is 144 Å². The Morgan fingerprint density at radius 1 is 1.25 bits per heavy atom. The van der Waals surface area contributed by atoms with Gasteiger partial charge in [0, 0.05) is 25.7 Å². The fourth-order valence-corrected chi connectivity index (χ4v) is 3.70. The monoisotopic (exact) mass is 328 g/mol. The highest BCUT2D eigenvalue weighted by atomic mass is 16.1. The van der Waals surface area contributed by atoms with Crippen LogP contribution in [0, 0.1) is 0 Å². The maximum absolute atomic E-state index is 11.7. The lowest BCUT2D eigenvalue weighted by Gasteiger charge is -2.36. The molecule has 1 aliphatic heterocycles. The summed E-state index contributed by atoms with van der Waals surface area (Å²) in [6, 6.07) is 8.58. The summed E-state index contributed by atoms with van der Waals surface area (Å²) in [6.07, 6.45) is 4.19. The van der Waals surface area contributed by atoms with Crippen LogP contribution in [0.3, 0.4) is 0 Å². The zero-order valence-electron chi connectivity index (χ0n) is 14.8. The summed E-state index contributed by atoms with van der Waals surface area (Å²) in [5, 5.41) is 0. The van der Waals surface area contributed by atoms with E-state index in [-0.39, 0.29) is 0 Å². The second-order valence-corrected chi connectivity index (χ2v) is 6.61. The summed E-state index contributed by atoms with van der Waals surface area (Å²) in [4.78, 5) is 20.9. The summed E-state index contributed by atoms with van der Waals surface area (Å²) >= 11 is 0. The molecule has 1 saturated heterocycles. The molecule has 2 heterocycles. The Hall–Kier alpha value is -1.88. The van der Waals surface area contributed by atoms with Crippen molar-refractivity contribution in [2.24, 2.45) is 0 Å². The first-order valence-corrected chi connectivity index (χ1v) is 9.14. The number of carbonyl (C=O) groups is 1. The molecule has 0 atom stereocenters. The topological polar surface area (TPSA) is 41.4 Å². The number of nitrogens with zero attached hydrogens (tertiary/aromatic N) is 4. The van der Waals surface area contributed by atoms with Crippen molar-refractivity contribution in [2.75, 3.05) is 19.6 Å². The van der Waals surface area contributed by atoms with Gasteiger partial charge in [-0.15, -0.1) is 0 Å². The zero-order valence-corrected chi connectivity index (χ0v) is 14.8. The predicted octanol–water partition coefficient (Wildman–Crippen LogP) is 2.89. The summed E-state index contributed by atoms with van der Waals surface area (Å²) in [7, 11) is 0. The number of likely N-dealkylation sites (tertiary alicyclic amines) is 1. The number of benzene rings is 1. The molecule has 130 valence electrons. The van der Waals surface area contributed by atoms with Crippen molar-refractivity contribution in [1.82, 2.24) is 19.4 Å². The number of imidazole rings is 1. The minimum atomic E-state index is 0.334. The van der Waals surface area contributed by atoms with Crippen LogP contribution in [0.5, 0.6) is 0 Å².